The number of benzene rings is 1. The first-order chi connectivity index (χ1) is 10.1. The summed E-state index contributed by atoms with van der Waals surface area (Å²) in [5.74, 6) is 0.0608. The monoisotopic (exact) mass is 325 g/mol. The Bertz CT molecular complexity index is 444. The van der Waals surface area contributed by atoms with Crippen molar-refractivity contribution in [1.82, 2.24) is 10.2 Å². The van der Waals surface area contributed by atoms with Gasteiger partial charge >= 0.3 is 0 Å². The molecule has 1 fully saturated rings. The summed E-state index contributed by atoms with van der Waals surface area (Å²) in [6.07, 6.45) is 6.19. The van der Waals surface area contributed by atoms with Crippen molar-refractivity contribution < 1.29 is 4.79 Å². The van der Waals surface area contributed by atoms with Crippen LogP contribution < -0.4 is 10.6 Å². The number of nitrogens with one attached hydrogen (secondary N) is 2. The van der Waals surface area contributed by atoms with E-state index in [1.807, 2.05) is 30.3 Å². The molecular weight excluding hydrogens is 298 g/mol. The Morgan fingerprint density at radius 2 is 1.77 bits per heavy atom. The van der Waals surface area contributed by atoms with Crippen LogP contribution in [0.2, 0.25) is 0 Å². The number of hydrogen-bond acceptors (Lipinski definition) is 3. The molecule has 1 aromatic rings. The molecule has 1 aromatic carbocycles. The van der Waals surface area contributed by atoms with E-state index in [1.165, 1.54) is 32.1 Å². The molecule has 1 amide bonds. The lowest BCUT2D eigenvalue weighted by molar-refractivity contribution is -0.120. The van der Waals surface area contributed by atoms with Gasteiger partial charge in [0.25, 0.3) is 0 Å². The normalized spacial score (nSPS) is 16.7. The quantitative estimate of drug-likeness (QED) is 0.845. The van der Waals surface area contributed by atoms with E-state index in [0.29, 0.717) is 6.54 Å². The second kappa shape index (κ2) is 9.01. The van der Waals surface area contributed by atoms with Crippen LogP contribution in [0.5, 0.6) is 0 Å². The number of likely N-dealkylation sites (N-methyl/N-ethyl adjacent to an activating group) is 1. The molecule has 1 aliphatic carbocycles. The van der Waals surface area contributed by atoms with Crippen molar-refractivity contribution in [2.45, 2.75) is 37.6 Å². The number of para-hydroxylation sites is 1. The van der Waals surface area contributed by atoms with Gasteiger partial charge in [0, 0.05) is 17.8 Å². The van der Waals surface area contributed by atoms with Crippen molar-refractivity contribution in [3.8, 4) is 0 Å². The Morgan fingerprint density at radius 1 is 1.14 bits per heavy atom. The van der Waals surface area contributed by atoms with Crippen molar-refractivity contribution in [2.75, 3.05) is 32.5 Å². The zero-order chi connectivity index (χ0) is 15.1. The number of halogens is 1. The van der Waals surface area contributed by atoms with E-state index in [2.05, 4.69) is 29.6 Å². The van der Waals surface area contributed by atoms with Crippen LogP contribution in [0.25, 0.3) is 0 Å². The fourth-order valence-electron chi connectivity index (χ4n) is 3.06. The molecule has 0 aliphatic heterocycles. The first-order valence-corrected chi connectivity index (χ1v) is 7.85. The molecule has 1 aliphatic rings. The highest BCUT2D eigenvalue weighted by Crippen LogP contribution is 2.31. The summed E-state index contributed by atoms with van der Waals surface area (Å²) in [4.78, 5) is 14.3. The summed E-state index contributed by atoms with van der Waals surface area (Å²) < 4.78 is 0. The van der Waals surface area contributed by atoms with Gasteiger partial charge in [-0.2, -0.15) is 0 Å². The first-order valence-electron chi connectivity index (χ1n) is 7.85. The molecular formula is C17H28ClN3O. The summed E-state index contributed by atoms with van der Waals surface area (Å²) >= 11 is 0. The molecule has 2 N–H and O–H groups in total. The molecule has 5 heteroatoms. The summed E-state index contributed by atoms with van der Waals surface area (Å²) in [6.45, 7) is 1.07. The number of carbonyl (C=O) groups excluding carboxylic acids is 1. The van der Waals surface area contributed by atoms with Crippen LogP contribution >= 0.6 is 12.4 Å². The van der Waals surface area contributed by atoms with E-state index >= 15 is 0 Å². The molecule has 0 spiro atoms. The third-order valence-corrected chi connectivity index (χ3v) is 4.57. The average molecular weight is 326 g/mol. The van der Waals surface area contributed by atoms with Crippen molar-refractivity contribution in [2.24, 2.45) is 0 Å². The minimum atomic E-state index is 0. The lowest BCUT2D eigenvalue weighted by atomic mass is 9.80. The summed E-state index contributed by atoms with van der Waals surface area (Å²) in [5.41, 5.74) is 1.12. The Hall–Kier alpha value is -1.26. The zero-order valence-electron chi connectivity index (χ0n) is 13.6. The molecule has 124 valence electrons. The molecule has 0 radical (unpaired) electrons. The van der Waals surface area contributed by atoms with E-state index in [1.54, 1.807) is 0 Å². The molecule has 0 atom stereocenters. The van der Waals surface area contributed by atoms with Crippen LogP contribution in [-0.2, 0) is 4.79 Å². The van der Waals surface area contributed by atoms with Gasteiger partial charge in [-0.05, 0) is 39.1 Å². The Morgan fingerprint density at radius 3 is 2.36 bits per heavy atom. The zero-order valence-corrected chi connectivity index (χ0v) is 14.4. The molecule has 2 rings (SSSR count). The lowest BCUT2D eigenvalue weighted by Gasteiger charge is -2.43. The van der Waals surface area contributed by atoms with Crippen LogP contribution in [0.15, 0.2) is 30.3 Å². The number of anilines is 1. The van der Waals surface area contributed by atoms with E-state index in [9.17, 15) is 4.79 Å². The van der Waals surface area contributed by atoms with Crippen LogP contribution in [-0.4, -0.2) is 43.5 Å². The molecule has 0 aromatic heterocycles. The molecule has 0 saturated heterocycles. The SMILES string of the molecule is CN(C)C1(CNC(=O)CNc2ccccc2)CCCCC1.Cl. The van der Waals surface area contributed by atoms with Gasteiger partial charge in [-0.3, -0.25) is 4.79 Å². The van der Waals surface area contributed by atoms with E-state index in [4.69, 9.17) is 0 Å². The predicted molar refractivity (Wildman–Crippen MR) is 94.7 cm³/mol. The Labute approximate surface area is 140 Å². The van der Waals surface area contributed by atoms with Gasteiger partial charge in [-0.1, -0.05) is 37.5 Å². The minimum absolute atomic E-state index is 0. The third kappa shape index (κ3) is 5.18. The van der Waals surface area contributed by atoms with Crippen LogP contribution in [0.3, 0.4) is 0 Å². The number of hydrogen-bond donors (Lipinski definition) is 2. The van der Waals surface area contributed by atoms with E-state index in [0.717, 1.165) is 12.2 Å². The van der Waals surface area contributed by atoms with Crippen molar-refractivity contribution in [3.05, 3.63) is 30.3 Å². The Balaban J connectivity index is 0.00000242. The maximum Gasteiger partial charge on any atom is 0.239 e. The second-order valence-electron chi connectivity index (χ2n) is 6.18. The standard InChI is InChI=1S/C17H27N3O.ClH/c1-20(2)17(11-7-4-8-12-17)14-19-16(21)13-18-15-9-5-3-6-10-15;/h3,5-6,9-10,18H,4,7-8,11-14H2,1-2H3,(H,19,21);1H. The van der Waals surface area contributed by atoms with Crippen LogP contribution in [0, 0.1) is 0 Å². The number of amides is 1. The van der Waals surface area contributed by atoms with Gasteiger partial charge in [-0.15, -0.1) is 12.4 Å². The van der Waals surface area contributed by atoms with Crippen LogP contribution in [0.1, 0.15) is 32.1 Å². The molecule has 0 bridgehead atoms. The highest BCUT2D eigenvalue weighted by Gasteiger charge is 2.34. The summed E-state index contributed by atoms with van der Waals surface area (Å²) in [5, 5.41) is 6.25. The second-order valence-corrected chi connectivity index (χ2v) is 6.18. The largest absolute Gasteiger partial charge is 0.376 e. The number of nitrogens with zero attached hydrogens (tertiary/aromatic N) is 1. The van der Waals surface area contributed by atoms with E-state index < -0.39 is 0 Å². The Kier molecular flexibility index (Phi) is 7.69. The maximum absolute atomic E-state index is 12.0. The lowest BCUT2D eigenvalue weighted by Crippen LogP contribution is -2.54. The molecule has 0 heterocycles. The minimum Gasteiger partial charge on any atom is -0.376 e. The highest BCUT2D eigenvalue weighted by molar-refractivity contribution is 5.85. The van der Waals surface area contributed by atoms with E-state index in [-0.39, 0.29) is 23.9 Å². The predicted octanol–water partition coefficient (Wildman–Crippen LogP) is 2.90. The van der Waals surface area contributed by atoms with Gasteiger partial charge < -0.3 is 15.5 Å². The van der Waals surface area contributed by atoms with Gasteiger partial charge in [-0.25, -0.2) is 0 Å². The molecule has 4 nitrogen and oxygen atoms in total. The maximum atomic E-state index is 12.0. The number of rotatable bonds is 6. The van der Waals surface area contributed by atoms with Gasteiger partial charge in [0.15, 0.2) is 0 Å². The first kappa shape index (κ1) is 18.8. The smallest absolute Gasteiger partial charge is 0.239 e. The summed E-state index contributed by atoms with van der Waals surface area (Å²) in [6, 6.07) is 9.83. The molecule has 22 heavy (non-hydrogen) atoms. The third-order valence-electron chi connectivity index (χ3n) is 4.57. The highest BCUT2D eigenvalue weighted by atomic mass is 35.5. The van der Waals surface area contributed by atoms with Crippen molar-refractivity contribution >= 4 is 24.0 Å². The van der Waals surface area contributed by atoms with Gasteiger partial charge in [0.2, 0.25) is 5.91 Å². The average Bonchev–Trinajstić information content (AvgIpc) is 2.52. The summed E-state index contributed by atoms with van der Waals surface area (Å²) in [7, 11) is 4.25. The van der Waals surface area contributed by atoms with Gasteiger partial charge in [0.1, 0.15) is 0 Å². The molecule has 0 unspecified atom stereocenters. The van der Waals surface area contributed by atoms with Crippen LogP contribution in [0.4, 0.5) is 5.69 Å². The van der Waals surface area contributed by atoms with Gasteiger partial charge in [0.05, 0.1) is 6.54 Å². The fraction of sp³-hybridized carbons (Fsp3) is 0.588. The van der Waals surface area contributed by atoms with Crippen molar-refractivity contribution in [1.29, 1.82) is 0 Å². The number of carbonyl (C=O) groups is 1. The van der Waals surface area contributed by atoms with Crippen molar-refractivity contribution in [3.63, 3.8) is 0 Å². The fourth-order valence-corrected chi connectivity index (χ4v) is 3.06. The molecule has 1 saturated carbocycles. The topological polar surface area (TPSA) is 44.4 Å².